The Labute approximate surface area is 149 Å². The van der Waals surface area contributed by atoms with Crippen LogP contribution in [-0.2, 0) is 14.8 Å². The molecule has 0 saturated carbocycles. The lowest BCUT2D eigenvalue weighted by Gasteiger charge is -2.13. The molecule has 0 atom stereocenters. The van der Waals surface area contributed by atoms with Gasteiger partial charge in [0, 0.05) is 17.1 Å². The van der Waals surface area contributed by atoms with Crippen molar-refractivity contribution in [1.82, 2.24) is 0 Å². The van der Waals surface area contributed by atoms with Gasteiger partial charge in [0.2, 0.25) is 5.91 Å². The molecule has 0 fully saturated rings. The van der Waals surface area contributed by atoms with Crippen LogP contribution in [0.4, 0.5) is 11.4 Å². The molecule has 2 aromatic rings. The van der Waals surface area contributed by atoms with Crippen molar-refractivity contribution in [3.63, 3.8) is 0 Å². The Bertz CT molecular complexity index is 836. The lowest BCUT2D eigenvalue weighted by atomic mass is 10.3. The Morgan fingerprint density at radius 1 is 1.17 bits per heavy atom. The van der Waals surface area contributed by atoms with Crippen molar-refractivity contribution >= 4 is 43.2 Å². The number of hydrogen-bond donors (Lipinski definition) is 2. The van der Waals surface area contributed by atoms with Gasteiger partial charge in [-0.3, -0.25) is 9.52 Å². The van der Waals surface area contributed by atoms with Crippen LogP contribution in [0.3, 0.4) is 0 Å². The van der Waals surface area contributed by atoms with Crippen LogP contribution < -0.4 is 14.8 Å². The highest BCUT2D eigenvalue weighted by atomic mass is 79.9. The van der Waals surface area contributed by atoms with E-state index in [1.165, 1.54) is 25.1 Å². The summed E-state index contributed by atoms with van der Waals surface area (Å²) in [6.07, 6.45) is 0. The molecule has 0 heterocycles. The highest BCUT2D eigenvalue weighted by Gasteiger charge is 2.17. The summed E-state index contributed by atoms with van der Waals surface area (Å²) >= 11 is 3.29. The minimum Gasteiger partial charge on any atom is -0.492 e. The van der Waals surface area contributed by atoms with Crippen molar-refractivity contribution in [1.29, 1.82) is 0 Å². The lowest BCUT2D eigenvalue weighted by Crippen LogP contribution is -2.14. The van der Waals surface area contributed by atoms with Gasteiger partial charge in [-0.25, -0.2) is 8.42 Å². The number of carbonyl (C=O) groups is 1. The van der Waals surface area contributed by atoms with Gasteiger partial charge in [0.05, 0.1) is 17.2 Å². The van der Waals surface area contributed by atoms with E-state index in [4.69, 9.17) is 4.74 Å². The molecule has 6 nitrogen and oxygen atoms in total. The van der Waals surface area contributed by atoms with Gasteiger partial charge in [-0.05, 0) is 49.4 Å². The van der Waals surface area contributed by atoms with E-state index in [1.807, 2.05) is 0 Å². The highest BCUT2D eigenvalue weighted by Crippen LogP contribution is 2.29. The molecule has 0 aliphatic carbocycles. The van der Waals surface area contributed by atoms with Crippen LogP contribution in [0.25, 0.3) is 0 Å². The largest absolute Gasteiger partial charge is 0.492 e. The molecule has 0 saturated heterocycles. The highest BCUT2D eigenvalue weighted by molar-refractivity contribution is 9.10. The molecule has 0 radical (unpaired) electrons. The van der Waals surface area contributed by atoms with Gasteiger partial charge in [0.15, 0.2) is 0 Å². The summed E-state index contributed by atoms with van der Waals surface area (Å²) in [6, 6.07) is 11.1. The fourth-order valence-electron chi connectivity index (χ4n) is 1.98. The molecule has 2 aromatic carbocycles. The number of benzene rings is 2. The van der Waals surface area contributed by atoms with Crippen LogP contribution in [0.1, 0.15) is 13.8 Å². The summed E-state index contributed by atoms with van der Waals surface area (Å²) in [5, 5.41) is 2.58. The average Bonchev–Trinajstić information content (AvgIpc) is 2.50. The second kappa shape index (κ2) is 7.67. The third-order valence-corrected chi connectivity index (χ3v) is 4.88. The van der Waals surface area contributed by atoms with Crippen molar-refractivity contribution in [2.75, 3.05) is 16.6 Å². The Hall–Kier alpha value is -2.06. The number of sulfonamides is 1. The number of hydrogen-bond acceptors (Lipinski definition) is 4. The number of amides is 1. The summed E-state index contributed by atoms with van der Waals surface area (Å²) in [6.45, 7) is 3.55. The van der Waals surface area contributed by atoms with Crippen LogP contribution in [0.15, 0.2) is 51.8 Å². The van der Waals surface area contributed by atoms with Gasteiger partial charge in [-0.15, -0.1) is 0 Å². The fourth-order valence-corrected chi connectivity index (χ4v) is 3.33. The molecule has 2 N–H and O–H groups in total. The van der Waals surface area contributed by atoms with E-state index in [1.54, 1.807) is 31.2 Å². The first-order valence-corrected chi connectivity index (χ1v) is 9.42. The number of rotatable bonds is 6. The molecular formula is C16H17BrN2O4S. The van der Waals surface area contributed by atoms with E-state index in [9.17, 15) is 13.2 Å². The third-order valence-electron chi connectivity index (χ3n) is 2.97. The molecule has 0 aliphatic heterocycles. The first-order valence-electron chi connectivity index (χ1n) is 7.14. The van der Waals surface area contributed by atoms with Crippen molar-refractivity contribution in [2.45, 2.75) is 18.7 Å². The topological polar surface area (TPSA) is 84.5 Å². The number of anilines is 2. The Balaban J connectivity index is 2.35. The summed E-state index contributed by atoms with van der Waals surface area (Å²) in [5.74, 6) is 0.0988. The molecular weight excluding hydrogens is 396 g/mol. The van der Waals surface area contributed by atoms with Gasteiger partial charge in [0.25, 0.3) is 10.0 Å². The van der Waals surface area contributed by atoms with E-state index >= 15 is 0 Å². The van der Waals surface area contributed by atoms with Gasteiger partial charge in [-0.2, -0.15) is 0 Å². The van der Waals surface area contributed by atoms with Crippen LogP contribution in [0, 0.1) is 0 Å². The van der Waals surface area contributed by atoms with Crippen molar-refractivity contribution in [2.24, 2.45) is 0 Å². The SMILES string of the molecule is CCOc1ccc(S(=O)(=O)Nc2ccc(Br)cc2)cc1NC(C)=O. The fraction of sp³-hybridized carbons (Fsp3) is 0.188. The standard InChI is InChI=1S/C16H17BrN2O4S/c1-3-23-16-9-8-14(10-15(16)18-11(2)20)24(21,22)19-13-6-4-12(17)5-7-13/h4-10,19H,3H2,1-2H3,(H,18,20). The zero-order valence-electron chi connectivity index (χ0n) is 13.2. The smallest absolute Gasteiger partial charge is 0.261 e. The third kappa shape index (κ3) is 4.72. The average molecular weight is 413 g/mol. The maximum Gasteiger partial charge on any atom is 0.261 e. The monoisotopic (exact) mass is 412 g/mol. The lowest BCUT2D eigenvalue weighted by molar-refractivity contribution is -0.114. The number of ether oxygens (including phenoxy) is 1. The molecule has 1 amide bonds. The summed E-state index contributed by atoms with van der Waals surface area (Å²) < 4.78 is 33.8. The van der Waals surface area contributed by atoms with Crippen molar-refractivity contribution < 1.29 is 17.9 Å². The van der Waals surface area contributed by atoms with E-state index in [-0.39, 0.29) is 10.8 Å². The van der Waals surface area contributed by atoms with Crippen LogP contribution in [-0.4, -0.2) is 20.9 Å². The van der Waals surface area contributed by atoms with E-state index in [2.05, 4.69) is 26.0 Å². The molecule has 0 bridgehead atoms. The molecule has 24 heavy (non-hydrogen) atoms. The molecule has 2 rings (SSSR count). The zero-order valence-corrected chi connectivity index (χ0v) is 15.6. The van der Waals surface area contributed by atoms with E-state index < -0.39 is 10.0 Å². The molecule has 0 unspecified atom stereocenters. The predicted octanol–water partition coefficient (Wildman–Crippen LogP) is 3.61. The second-order valence-corrected chi connectivity index (χ2v) is 7.48. The van der Waals surface area contributed by atoms with Gasteiger partial charge in [-0.1, -0.05) is 15.9 Å². The number of nitrogens with one attached hydrogen (secondary N) is 2. The second-order valence-electron chi connectivity index (χ2n) is 4.88. The summed E-state index contributed by atoms with van der Waals surface area (Å²) in [4.78, 5) is 11.3. The molecule has 0 aliphatic rings. The molecule has 0 aromatic heterocycles. The van der Waals surface area contributed by atoms with Crippen LogP contribution >= 0.6 is 15.9 Å². The first-order chi connectivity index (χ1) is 11.3. The van der Waals surface area contributed by atoms with Crippen LogP contribution in [0.5, 0.6) is 5.75 Å². The van der Waals surface area contributed by atoms with Gasteiger partial charge in [0.1, 0.15) is 5.75 Å². The Kier molecular flexibility index (Phi) is 5.84. The maximum absolute atomic E-state index is 12.5. The van der Waals surface area contributed by atoms with Gasteiger partial charge >= 0.3 is 0 Å². The molecule has 8 heteroatoms. The van der Waals surface area contributed by atoms with E-state index in [0.29, 0.717) is 23.7 Å². The Morgan fingerprint density at radius 2 is 1.83 bits per heavy atom. The minimum atomic E-state index is -3.79. The summed E-state index contributed by atoms with van der Waals surface area (Å²) in [7, 11) is -3.79. The maximum atomic E-state index is 12.5. The molecule has 0 spiro atoms. The zero-order chi connectivity index (χ0) is 17.7. The minimum absolute atomic E-state index is 0.0256. The number of halogens is 1. The molecule has 128 valence electrons. The van der Waals surface area contributed by atoms with Crippen LogP contribution in [0.2, 0.25) is 0 Å². The quantitative estimate of drug-likeness (QED) is 0.758. The summed E-state index contributed by atoms with van der Waals surface area (Å²) in [5.41, 5.74) is 0.746. The van der Waals surface area contributed by atoms with E-state index in [0.717, 1.165) is 4.47 Å². The Morgan fingerprint density at radius 3 is 2.42 bits per heavy atom. The predicted molar refractivity (Wildman–Crippen MR) is 96.9 cm³/mol. The van der Waals surface area contributed by atoms with Crippen molar-refractivity contribution in [3.8, 4) is 5.75 Å². The van der Waals surface area contributed by atoms with Gasteiger partial charge < -0.3 is 10.1 Å². The first kappa shape index (κ1) is 18.3. The normalized spacial score (nSPS) is 11.0. The number of carbonyl (C=O) groups excluding carboxylic acids is 1. The van der Waals surface area contributed by atoms with Crippen molar-refractivity contribution in [3.05, 3.63) is 46.9 Å².